The topological polar surface area (TPSA) is 58.6 Å². The van der Waals surface area contributed by atoms with Crippen molar-refractivity contribution in [1.82, 2.24) is 0 Å². The summed E-state index contributed by atoms with van der Waals surface area (Å²) in [7, 11) is 1.55. The van der Waals surface area contributed by atoms with Crippen molar-refractivity contribution < 1.29 is 14.3 Å². The number of nitrogens with one attached hydrogen (secondary N) is 1. The molecule has 5 nitrogen and oxygen atoms in total. The first kappa shape index (κ1) is 16.3. The highest BCUT2D eigenvalue weighted by molar-refractivity contribution is 6.30. The number of amides is 2. The van der Waals surface area contributed by atoms with E-state index in [1.54, 1.807) is 54.5 Å². The van der Waals surface area contributed by atoms with Crippen LogP contribution in [0.4, 0.5) is 11.4 Å². The van der Waals surface area contributed by atoms with Crippen molar-refractivity contribution in [2.45, 2.75) is 12.8 Å². The Balaban J connectivity index is 1.80. The average Bonchev–Trinajstić information content (AvgIpc) is 3.01. The fourth-order valence-corrected chi connectivity index (χ4v) is 2.81. The van der Waals surface area contributed by atoms with E-state index in [9.17, 15) is 9.59 Å². The Labute approximate surface area is 145 Å². The molecule has 0 saturated carbocycles. The van der Waals surface area contributed by atoms with Crippen molar-refractivity contribution in [2.75, 3.05) is 23.9 Å². The molecule has 24 heavy (non-hydrogen) atoms. The molecule has 1 aliphatic rings. The van der Waals surface area contributed by atoms with Crippen LogP contribution in [0.3, 0.4) is 0 Å². The molecule has 3 rings (SSSR count). The van der Waals surface area contributed by atoms with Gasteiger partial charge in [0.15, 0.2) is 0 Å². The minimum atomic E-state index is -0.237. The molecule has 0 spiro atoms. The van der Waals surface area contributed by atoms with Crippen LogP contribution in [0.5, 0.6) is 5.75 Å². The number of anilines is 2. The second-order valence-corrected chi connectivity index (χ2v) is 5.93. The summed E-state index contributed by atoms with van der Waals surface area (Å²) >= 11 is 5.83. The van der Waals surface area contributed by atoms with Crippen LogP contribution >= 0.6 is 11.6 Å². The molecular weight excluding hydrogens is 328 g/mol. The summed E-state index contributed by atoms with van der Waals surface area (Å²) in [5.74, 6) is 0.407. The molecule has 2 aromatic carbocycles. The van der Waals surface area contributed by atoms with E-state index in [1.807, 2.05) is 0 Å². The van der Waals surface area contributed by atoms with Gasteiger partial charge in [-0.3, -0.25) is 9.59 Å². The van der Waals surface area contributed by atoms with Gasteiger partial charge in [-0.2, -0.15) is 0 Å². The number of carbonyl (C=O) groups is 2. The van der Waals surface area contributed by atoms with Gasteiger partial charge in [-0.05, 0) is 42.8 Å². The highest BCUT2D eigenvalue weighted by Crippen LogP contribution is 2.33. The largest absolute Gasteiger partial charge is 0.494 e. The second kappa shape index (κ2) is 6.93. The Hall–Kier alpha value is -2.53. The van der Waals surface area contributed by atoms with Crippen LogP contribution in [0.15, 0.2) is 42.5 Å². The number of ether oxygens (including phenoxy) is 1. The summed E-state index contributed by atoms with van der Waals surface area (Å²) < 4.78 is 5.39. The summed E-state index contributed by atoms with van der Waals surface area (Å²) in [5, 5.41) is 3.39. The van der Waals surface area contributed by atoms with E-state index < -0.39 is 0 Å². The third kappa shape index (κ3) is 3.36. The van der Waals surface area contributed by atoms with Gasteiger partial charge >= 0.3 is 0 Å². The lowest BCUT2D eigenvalue weighted by Crippen LogP contribution is -2.24. The Kier molecular flexibility index (Phi) is 4.71. The second-order valence-electron chi connectivity index (χ2n) is 5.50. The summed E-state index contributed by atoms with van der Waals surface area (Å²) in [6.07, 6.45) is 1.40. The molecule has 1 saturated heterocycles. The molecule has 2 amide bonds. The average molecular weight is 345 g/mol. The third-order valence-corrected chi connectivity index (χ3v) is 4.16. The highest BCUT2D eigenvalue weighted by Gasteiger charge is 2.24. The molecule has 0 radical (unpaired) electrons. The first-order valence-electron chi connectivity index (χ1n) is 7.64. The van der Waals surface area contributed by atoms with Gasteiger partial charge in [0.05, 0.1) is 12.8 Å². The van der Waals surface area contributed by atoms with Crippen molar-refractivity contribution in [2.24, 2.45) is 0 Å². The summed E-state index contributed by atoms with van der Waals surface area (Å²) in [6, 6.07) is 11.9. The van der Waals surface area contributed by atoms with Crippen molar-refractivity contribution in [1.29, 1.82) is 0 Å². The van der Waals surface area contributed by atoms with Crippen molar-refractivity contribution in [3.8, 4) is 5.75 Å². The summed E-state index contributed by atoms with van der Waals surface area (Å²) in [6.45, 7) is 0.686. The Morgan fingerprint density at radius 1 is 1.21 bits per heavy atom. The molecule has 1 N–H and O–H groups in total. The number of hydrogen-bond donors (Lipinski definition) is 1. The number of rotatable bonds is 4. The Morgan fingerprint density at radius 2 is 1.96 bits per heavy atom. The zero-order valence-electron chi connectivity index (χ0n) is 13.2. The number of hydrogen-bond acceptors (Lipinski definition) is 3. The molecular formula is C18H17ClN2O3. The fourth-order valence-electron chi connectivity index (χ4n) is 2.69. The van der Waals surface area contributed by atoms with Crippen LogP contribution < -0.4 is 15.0 Å². The molecule has 0 aromatic heterocycles. The molecule has 1 heterocycles. The number of benzene rings is 2. The van der Waals surface area contributed by atoms with E-state index in [0.717, 1.165) is 12.1 Å². The lowest BCUT2D eigenvalue weighted by Gasteiger charge is -2.19. The minimum absolute atomic E-state index is 0.0891. The standard InChI is InChI=1S/C18H17ClN2O3/c1-24-16-11-14(8-9-15(16)21-10-2-3-17(21)22)20-18(23)12-4-6-13(19)7-5-12/h4-9,11H,2-3,10H2,1H3,(H,20,23). The zero-order valence-corrected chi connectivity index (χ0v) is 14.0. The van der Waals surface area contributed by atoms with Gasteiger partial charge in [-0.15, -0.1) is 0 Å². The van der Waals surface area contributed by atoms with Crippen LogP contribution in [-0.4, -0.2) is 25.5 Å². The van der Waals surface area contributed by atoms with E-state index in [4.69, 9.17) is 16.3 Å². The highest BCUT2D eigenvalue weighted by atomic mass is 35.5. The maximum absolute atomic E-state index is 12.3. The van der Waals surface area contributed by atoms with Crippen molar-refractivity contribution >= 4 is 34.8 Å². The normalized spacial score (nSPS) is 13.9. The van der Waals surface area contributed by atoms with E-state index in [0.29, 0.717) is 35.0 Å². The molecule has 124 valence electrons. The van der Waals surface area contributed by atoms with Gasteiger partial charge in [-0.25, -0.2) is 0 Å². The molecule has 0 unspecified atom stereocenters. The summed E-state index contributed by atoms with van der Waals surface area (Å²) in [5.41, 5.74) is 1.84. The molecule has 6 heteroatoms. The van der Waals surface area contributed by atoms with Crippen LogP contribution in [0.2, 0.25) is 5.02 Å². The zero-order chi connectivity index (χ0) is 17.1. The molecule has 2 aromatic rings. The molecule has 0 atom stereocenters. The van der Waals surface area contributed by atoms with Gasteiger partial charge in [0.1, 0.15) is 5.75 Å². The number of carbonyl (C=O) groups excluding carboxylic acids is 2. The smallest absolute Gasteiger partial charge is 0.255 e. The van der Waals surface area contributed by atoms with Gasteiger partial charge in [0.2, 0.25) is 5.91 Å². The van der Waals surface area contributed by atoms with Crippen molar-refractivity contribution in [3.05, 3.63) is 53.1 Å². The number of nitrogens with zero attached hydrogens (tertiary/aromatic N) is 1. The fraction of sp³-hybridized carbons (Fsp3) is 0.222. The van der Waals surface area contributed by atoms with Crippen molar-refractivity contribution in [3.63, 3.8) is 0 Å². The van der Waals surface area contributed by atoms with E-state index >= 15 is 0 Å². The SMILES string of the molecule is COc1cc(NC(=O)c2ccc(Cl)cc2)ccc1N1CCCC1=O. The third-order valence-electron chi connectivity index (χ3n) is 3.91. The number of halogens is 1. The minimum Gasteiger partial charge on any atom is -0.494 e. The maximum atomic E-state index is 12.3. The predicted molar refractivity (Wildman–Crippen MR) is 94.0 cm³/mol. The van der Waals surface area contributed by atoms with Gasteiger partial charge in [-0.1, -0.05) is 11.6 Å². The lowest BCUT2D eigenvalue weighted by atomic mass is 10.2. The van der Waals surface area contributed by atoms with Gasteiger partial charge in [0, 0.05) is 35.3 Å². The Bertz CT molecular complexity index is 774. The van der Waals surface area contributed by atoms with E-state index in [1.165, 1.54) is 0 Å². The molecule has 1 aliphatic heterocycles. The monoisotopic (exact) mass is 344 g/mol. The number of methoxy groups -OCH3 is 1. The van der Waals surface area contributed by atoms with E-state index in [-0.39, 0.29) is 11.8 Å². The molecule has 1 fully saturated rings. The van der Waals surface area contributed by atoms with Crippen LogP contribution in [0, 0.1) is 0 Å². The molecule has 0 bridgehead atoms. The first-order chi connectivity index (χ1) is 11.6. The van der Waals surface area contributed by atoms with Crippen LogP contribution in [0.25, 0.3) is 0 Å². The van der Waals surface area contributed by atoms with E-state index in [2.05, 4.69) is 5.32 Å². The molecule has 0 aliphatic carbocycles. The van der Waals surface area contributed by atoms with Gasteiger partial charge < -0.3 is 15.0 Å². The maximum Gasteiger partial charge on any atom is 0.255 e. The first-order valence-corrected chi connectivity index (χ1v) is 8.01. The summed E-state index contributed by atoms with van der Waals surface area (Å²) in [4.78, 5) is 25.9. The lowest BCUT2D eigenvalue weighted by molar-refractivity contribution is -0.117. The van der Waals surface area contributed by atoms with Crippen LogP contribution in [-0.2, 0) is 4.79 Å². The Morgan fingerprint density at radius 3 is 2.58 bits per heavy atom. The van der Waals surface area contributed by atoms with Gasteiger partial charge in [0.25, 0.3) is 5.91 Å². The quantitative estimate of drug-likeness (QED) is 0.919. The predicted octanol–water partition coefficient (Wildman–Crippen LogP) is 3.73. The van der Waals surface area contributed by atoms with Crippen LogP contribution in [0.1, 0.15) is 23.2 Å².